The van der Waals surface area contributed by atoms with Gasteiger partial charge in [-0.25, -0.2) is 0 Å². The Labute approximate surface area is 114 Å². The summed E-state index contributed by atoms with van der Waals surface area (Å²) in [5, 5.41) is 19.9. The molecule has 0 saturated heterocycles. The number of hydrogen-bond donors (Lipinski definition) is 1. The largest absolute Gasteiger partial charge is 0.326 e. The first-order valence-electron chi connectivity index (χ1n) is 5.46. The predicted octanol–water partition coefficient (Wildman–Crippen LogP) is 2.46. The van der Waals surface area contributed by atoms with Gasteiger partial charge in [-0.15, -0.1) is 5.10 Å². The van der Waals surface area contributed by atoms with E-state index in [4.69, 9.17) is 5.26 Å². The van der Waals surface area contributed by atoms with Crippen molar-refractivity contribution in [3.63, 3.8) is 0 Å². The number of rotatable bonds is 3. The van der Waals surface area contributed by atoms with Crippen LogP contribution in [-0.2, 0) is 4.79 Å². The summed E-state index contributed by atoms with van der Waals surface area (Å²) in [6.07, 6.45) is 1.49. The quantitative estimate of drug-likeness (QED) is 0.926. The number of amides is 1. The molecule has 1 aromatic carbocycles. The van der Waals surface area contributed by atoms with Crippen LogP contribution in [0.1, 0.15) is 12.5 Å². The molecule has 6 heteroatoms. The number of benzene rings is 1. The van der Waals surface area contributed by atoms with Gasteiger partial charge in [-0.3, -0.25) is 4.79 Å². The van der Waals surface area contributed by atoms with Crippen molar-refractivity contribution in [2.24, 2.45) is 0 Å². The SMILES string of the molecule is CC(=O)Nc1ccc(Sc2nnccc2C#N)cc1. The van der Waals surface area contributed by atoms with Gasteiger partial charge in [-0.2, -0.15) is 10.4 Å². The molecule has 0 fully saturated rings. The Kier molecular flexibility index (Phi) is 4.11. The molecule has 0 aliphatic rings. The molecule has 0 aliphatic heterocycles. The first-order valence-corrected chi connectivity index (χ1v) is 6.28. The lowest BCUT2D eigenvalue weighted by molar-refractivity contribution is -0.114. The van der Waals surface area contributed by atoms with E-state index in [-0.39, 0.29) is 5.91 Å². The number of carbonyl (C=O) groups excluding carboxylic acids is 1. The van der Waals surface area contributed by atoms with Crippen LogP contribution in [0.3, 0.4) is 0 Å². The van der Waals surface area contributed by atoms with E-state index in [1.54, 1.807) is 18.2 Å². The summed E-state index contributed by atoms with van der Waals surface area (Å²) in [6, 6.07) is 11.0. The average molecular weight is 270 g/mol. The number of nitrogens with zero attached hydrogens (tertiary/aromatic N) is 3. The van der Waals surface area contributed by atoms with Crippen LogP contribution in [0, 0.1) is 11.3 Å². The van der Waals surface area contributed by atoms with Crippen LogP contribution in [0.2, 0.25) is 0 Å². The second kappa shape index (κ2) is 5.98. The third-order valence-corrected chi connectivity index (χ3v) is 3.20. The van der Waals surface area contributed by atoms with Crippen molar-refractivity contribution in [1.29, 1.82) is 5.26 Å². The summed E-state index contributed by atoms with van der Waals surface area (Å²) in [5.74, 6) is -0.110. The van der Waals surface area contributed by atoms with Crippen molar-refractivity contribution in [2.75, 3.05) is 5.32 Å². The number of carbonyl (C=O) groups is 1. The molecule has 1 aromatic heterocycles. The Balaban J connectivity index is 2.16. The molecule has 2 aromatic rings. The second-order valence-electron chi connectivity index (χ2n) is 3.67. The fraction of sp³-hybridized carbons (Fsp3) is 0.0769. The molecule has 0 aliphatic carbocycles. The average Bonchev–Trinajstić information content (AvgIpc) is 2.41. The molecule has 0 radical (unpaired) electrons. The number of anilines is 1. The minimum Gasteiger partial charge on any atom is -0.326 e. The molecule has 19 heavy (non-hydrogen) atoms. The van der Waals surface area contributed by atoms with E-state index in [9.17, 15) is 4.79 Å². The summed E-state index contributed by atoms with van der Waals surface area (Å²) < 4.78 is 0. The van der Waals surface area contributed by atoms with E-state index < -0.39 is 0 Å². The van der Waals surface area contributed by atoms with Crippen LogP contribution in [0.25, 0.3) is 0 Å². The van der Waals surface area contributed by atoms with Gasteiger partial charge in [0.2, 0.25) is 5.91 Å². The minimum absolute atomic E-state index is 0.110. The Morgan fingerprint density at radius 2 is 2.05 bits per heavy atom. The third-order valence-electron chi connectivity index (χ3n) is 2.20. The molecule has 1 amide bonds. The molecule has 1 heterocycles. The van der Waals surface area contributed by atoms with E-state index in [0.717, 1.165) is 10.6 Å². The highest BCUT2D eigenvalue weighted by Gasteiger charge is 2.06. The van der Waals surface area contributed by atoms with Crippen LogP contribution in [-0.4, -0.2) is 16.1 Å². The van der Waals surface area contributed by atoms with Gasteiger partial charge in [0.05, 0.1) is 11.8 Å². The van der Waals surface area contributed by atoms with Crippen molar-refractivity contribution in [1.82, 2.24) is 10.2 Å². The fourth-order valence-corrected chi connectivity index (χ4v) is 2.21. The lowest BCUT2D eigenvalue weighted by Crippen LogP contribution is -2.05. The number of hydrogen-bond acceptors (Lipinski definition) is 5. The molecular weight excluding hydrogens is 260 g/mol. The molecule has 0 unspecified atom stereocenters. The summed E-state index contributed by atoms with van der Waals surface area (Å²) >= 11 is 1.36. The Bertz CT molecular complexity index is 634. The standard InChI is InChI=1S/C13H10N4OS/c1-9(18)16-11-2-4-12(5-3-11)19-13-10(8-14)6-7-15-17-13/h2-7H,1H3,(H,16,18). The van der Waals surface area contributed by atoms with E-state index in [2.05, 4.69) is 21.6 Å². The maximum atomic E-state index is 10.9. The fourth-order valence-electron chi connectivity index (χ4n) is 1.40. The van der Waals surface area contributed by atoms with Gasteiger partial charge >= 0.3 is 0 Å². The molecule has 0 spiro atoms. The van der Waals surface area contributed by atoms with Crippen molar-refractivity contribution in [3.05, 3.63) is 42.1 Å². The molecule has 1 N–H and O–H groups in total. The van der Waals surface area contributed by atoms with Gasteiger partial charge in [-0.1, -0.05) is 11.8 Å². The zero-order valence-electron chi connectivity index (χ0n) is 10.1. The molecule has 0 saturated carbocycles. The summed E-state index contributed by atoms with van der Waals surface area (Å²) in [4.78, 5) is 11.8. The van der Waals surface area contributed by atoms with E-state index in [1.165, 1.54) is 24.9 Å². The monoisotopic (exact) mass is 270 g/mol. The maximum absolute atomic E-state index is 10.9. The number of aromatic nitrogens is 2. The second-order valence-corrected chi connectivity index (χ2v) is 4.73. The number of nitrogens with one attached hydrogen (secondary N) is 1. The summed E-state index contributed by atoms with van der Waals surface area (Å²) in [5.41, 5.74) is 1.22. The molecular formula is C13H10N4OS. The minimum atomic E-state index is -0.110. The maximum Gasteiger partial charge on any atom is 0.221 e. The van der Waals surface area contributed by atoms with Crippen molar-refractivity contribution in [3.8, 4) is 6.07 Å². The zero-order chi connectivity index (χ0) is 13.7. The van der Waals surface area contributed by atoms with Crippen molar-refractivity contribution >= 4 is 23.4 Å². The summed E-state index contributed by atoms with van der Waals surface area (Å²) in [7, 11) is 0. The summed E-state index contributed by atoms with van der Waals surface area (Å²) in [6.45, 7) is 1.46. The normalized spacial score (nSPS) is 9.68. The molecule has 2 rings (SSSR count). The molecule has 0 atom stereocenters. The van der Waals surface area contributed by atoms with E-state index in [1.807, 2.05) is 12.1 Å². The zero-order valence-corrected chi connectivity index (χ0v) is 10.9. The van der Waals surface area contributed by atoms with Crippen molar-refractivity contribution < 1.29 is 4.79 Å². The van der Waals surface area contributed by atoms with Crippen LogP contribution in [0.15, 0.2) is 46.5 Å². The lowest BCUT2D eigenvalue weighted by atomic mass is 10.3. The van der Waals surface area contributed by atoms with E-state index >= 15 is 0 Å². The van der Waals surface area contributed by atoms with Crippen molar-refractivity contribution in [2.45, 2.75) is 16.8 Å². The first kappa shape index (κ1) is 13.1. The van der Waals surface area contributed by atoms with Gasteiger partial charge in [0, 0.05) is 17.5 Å². The van der Waals surface area contributed by atoms with Crippen LogP contribution < -0.4 is 5.32 Å². The van der Waals surface area contributed by atoms with Gasteiger partial charge in [0.1, 0.15) is 11.1 Å². The first-order chi connectivity index (χ1) is 9.19. The molecule has 94 valence electrons. The predicted molar refractivity (Wildman–Crippen MR) is 71.6 cm³/mol. The number of nitriles is 1. The van der Waals surface area contributed by atoms with Crippen LogP contribution in [0.4, 0.5) is 5.69 Å². The Morgan fingerprint density at radius 3 is 2.68 bits per heavy atom. The topological polar surface area (TPSA) is 78.7 Å². The van der Waals surface area contributed by atoms with Gasteiger partial charge in [0.15, 0.2) is 0 Å². The van der Waals surface area contributed by atoms with Gasteiger partial charge < -0.3 is 5.32 Å². The van der Waals surface area contributed by atoms with Gasteiger partial charge in [0.25, 0.3) is 0 Å². The highest BCUT2D eigenvalue weighted by Crippen LogP contribution is 2.28. The van der Waals surface area contributed by atoms with Crippen LogP contribution in [0.5, 0.6) is 0 Å². The Hall–Kier alpha value is -2.39. The highest BCUT2D eigenvalue weighted by molar-refractivity contribution is 7.99. The van der Waals surface area contributed by atoms with Gasteiger partial charge in [-0.05, 0) is 30.3 Å². The third kappa shape index (κ3) is 3.53. The van der Waals surface area contributed by atoms with E-state index in [0.29, 0.717) is 10.6 Å². The molecule has 5 nitrogen and oxygen atoms in total. The molecule has 0 bridgehead atoms. The Morgan fingerprint density at radius 1 is 1.32 bits per heavy atom. The van der Waals surface area contributed by atoms with Crippen LogP contribution >= 0.6 is 11.8 Å². The highest BCUT2D eigenvalue weighted by atomic mass is 32.2. The smallest absolute Gasteiger partial charge is 0.221 e. The lowest BCUT2D eigenvalue weighted by Gasteiger charge is -2.04.